The fourth-order valence-corrected chi connectivity index (χ4v) is 2.09. The lowest BCUT2D eigenvalue weighted by Crippen LogP contribution is -2.27. The van der Waals surface area contributed by atoms with E-state index in [4.69, 9.17) is 0 Å². The molecule has 0 saturated carbocycles. The zero-order valence-electron chi connectivity index (χ0n) is 15.3. The molecular weight excluding hydrogens is 300 g/mol. The van der Waals surface area contributed by atoms with Crippen molar-refractivity contribution in [3.8, 4) is 0 Å². The van der Waals surface area contributed by atoms with Gasteiger partial charge in [-0.1, -0.05) is 37.4 Å². The Labute approximate surface area is 145 Å². The topological polar surface area (TPSA) is 40.6 Å². The van der Waals surface area contributed by atoms with Crippen molar-refractivity contribution in [1.29, 1.82) is 0 Å². The Hall–Kier alpha value is -2.62. The van der Waals surface area contributed by atoms with Crippen molar-refractivity contribution in [1.82, 2.24) is 9.80 Å². The summed E-state index contributed by atoms with van der Waals surface area (Å²) in [4.78, 5) is 26.8. The van der Waals surface area contributed by atoms with Crippen LogP contribution in [-0.2, 0) is 22.7 Å². The van der Waals surface area contributed by atoms with E-state index in [1.165, 1.54) is 0 Å². The molecule has 0 fully saturated rings. The summed E-state index contributed by atoms with van der Waals surface area (Å²) in [6.07, 6.45) is 0. The van der Waals surface area contributed by atoms with Crippen molar-refractivity contribution in [3.05, 3.63) is 72.9 Å². The Morgan fingerprint density at radius 3 is 1.25 bits per heavy atom. The third-order valence-electron chi connectivity index (χ3n) is 3.29. The van der Waals surface area contributed by atoms with E-state index in [9.17, 15) is 9.59 Å². The minimum Gasteiger partial charge on any atom is -0.338 e. The number of benzene rings is 1. The van der Waals surface area contributed by atoms with Gasteiger partial charge in [-0.15, -0.1) is 13.2 Å². The van der Waals surface area contributed by atoms with Crippen molar-refractivity contribution in [2.24, 2.45) is 0 Å². The van der Waals surface area contributed by atoms with Gasteiger partial charge in [0.2, 0.25) is 11.8 Å². The molecule has 4 nitrogen and oxygen atoms in total. The summed E-state index contributed by atoms with van der Waals surface area (Å²) < 4.78 is 0. The normalized spacial score (nSPS) is 9.33. The summed E-state index contributed by atoms with van der Waals surface area (Å²) in [5.41, 5.74) is 3.13. The molecule has 0 aliphatic rings. The number of amides is 2. The molecule has 2 amide bonds. The third-order valence-corrected chi connectivity index (χ3v) is 3.29. The van der Waals surface area contributed by atoms with Crippen LogP contribution in [0.25, 0.3) is 0 Å². The van der Waals surface area contributed by atoms with Gasteiger partial charge in [0.25, 0.3) is 0 Å². The van der Waals surface area contributed by atoms with Crippen LogP contribution in [0.1, 0.15) is 25.0 Å². The molecule has 4 heteroatoms. The van der Waals surface area contributed by atoms with Gasteiger partial charge >= 0.3 is 0 Å². The molecule has 24 heavy (non-hydrogen) atoms. The Morgan fingerprint density at radius 1 is 0.792 bits per heavy atom. The summed E-state index contributed by atoms with van der Waals surface area (Å²) >= 11 is 0. The highest BCUT2D eigenvalue weighted by Crippen LogP contribution is 2.11. The monoisotopic (exact) mass is 328 g/mol. The minimum atomic E-state index is -0.0594. The number of nitrogens with zero attached hydrogens (tertiary/aromatic N) is 2. The second kappa shape index (κ2) is 10.2. The van der Waals surface area contributed by atoms with Crippen LogP contribution < -0.4 is 0 Å². The molecule has 0 aliphatic carbocycles. The van der Waals surface area contributed by atoms with E-state index in [-0.39, 0.29) is 11.8 Å². The first-order valence-corrected chi connectivity index (χ1v) is 7.62. The molecule has 0 spiro atoms. The average molecular weight is 328 g/mol. The third kappa shape index (κ3) is 6.65. The molecule has 1 rings (SSSR count). The summed E-state index contributed by atoms with van der Waals surface area (Å²) in [6, 6.07) is 7.88. The van der Waals surface area contributed by atoms with Gasteiger partial charge in [-0.2, -0.15) is 0 Å². The molecule has 0 heterocycles. The molecule has 0 saturated heterocycles. The maximum Gasteiger partial charge on any atom is 0.248 e. The van der Waals surface area contributed by atoms with Gasteiger partial charge in [-0.05, 0) is 25.0 Å². The van der Waals surface area contributed by atoms with Crippen LogP contribution in [0.4, 0.5) is 0 Å². The molecule has 0 bridgehead atoms. The molecule has 130 valence electrons. The van der Waals surface area contributed by atoms with Crippen LogP contribution in [0.3, 0.4) is 0 Å². The van der Waals surface area contributed by atoms with Crippen molar-refractivity contribution >= 4 is 11.8 Å². The lowest BCUT2D eigenvalue weighted by atomic mass is 10.1. The van der Waals surface area contributed by atoms with E-state index in [0.717, 1.165) is 11.1 Å². The number of hydrogen-bond donors (Lipinski definition) is 0. The van der Waals surface area contributed by atoms with Crippen molar-refractivity contribution in [2.75, 3.05) is 14.1 Å². The molecule has 0 radical (unpaired) electrons. The van der Waals surface area contributed by atoms with Gasteiger partial charge in [0.05, 0.1) is 0 Å². The molecule has 0 aliphatic heterocycles. The number of rotatable bonds is 6. The van der Waals surface area contributed by atoms with E-state index in [1.54, 1.807) is 37.7 Å². The molecule has 0 aromatic heterocycles. The molecule has 1 aromatic rings. The van der Waals surface area contributed by atoms with Crippen molar-refractivity contribution < 1.29 is 9.59 Å². The van der Waals surface area contributed by atoms with Crippen LogP contribution in [0.15, 0.2) is 61.7 Å². The molecule has 1 aromatic carbocycles. The number of carbonyl (C=O) groups is 2. The SMILES string of the molecule is C=C.C=C(C)C(=O)N(C)Cc1ccc(CN(C)C(=O)C(=C)C)cc1. The summed E-state index contributed by atoms with van der Waals surface area (Å²) in [5, 5.41) is 0. The maximum absolute atomic E-state index is 11.8. The lowest BCUT2D eigenvalue weighted by molar-refractivity contribution is -0.127. The lowest BCUT2D eigenvalue weighted by Gasteiger charge is -2.19. The van der Waals surface area contributed by atoms with Gasteiger partial charge < -0.3 is 9.80 Å². The van der Waals surface area contributed by atoms with E-state index in [0.29, 0.717) is 24.2 Å². The van der Waals surface area contributed by atoms with Crippen LogP contribution in [0.5, 0.6) is 0 Å². The standard InChI is InChI=1S/C18H24N2O2.C2H4/c1-13(2)17(21)19(5)11-15-7-9-16(10-8-15)12-20(6)18(22)14(3)4;1-2/h7-10H,1,3,11-12H2,2,4-6H3;1-2H2. The van der Waals surface area contributed by atoms with Crippen molar-refractivity contribution in [2.45, 2.75) is 26.9 Å². The minimum absolute atomic E-state index is 0.0594. The summed E-state index contributed by atoms with van der Waals surface area (Å²) in [6.45, 7) is 17.8. The van der Waals surface area contributed by atoms with Crippen LogP contribution >= 0.6 is 0 Å². The highest BCUT2D eigenvalue weighted by Gasteiger charge is 2.11. The first-order chi connectivity index (χ1) is 11.2. The van der Waals surface area contributed by atoms with Crippen LogP contribution in [0, 0.1) is 0 Å². The Bertz CT molecular complexity index is 550. The largest absolute Gasteiger partial charge is 0.338 e. The molecular formula is C20H28N2O2. The van der Waals surface area contributed by atoms with Gasteiger partial charge in [-0.3, -0.25) is 9.59 Å². The van der Waals surface area contributed by atoms with Crippen molar-refractivity contribution in [3.63, 3.8) is 0 Å². The second-order valence-electron chi connectivity index (χ2n) is 5.70. The first-order valence-electron chi connectivity index (χ1n) is 7.62. The van der Waals surface area contributed by atoms with E-state index >= 15 is 0 Å². The van der Waals surface area contributed by atoms with Gasteiger partial charge in [-0.25, -0.2) is 0 Å². The second-order valence-corrected chi connectivity index (χ2v) is 5.70. The highest BCUT2D eigenvalue weighted by molar-refractivity contribution is 5.92. The zero-order valence-corrected chi connectivity index (χ0v) is 15.3. The number of carbonyl (C=O) groups excluding carboxylic acids is 2. The van der Waals surface area contributed by atoms with Crippen LogP contribution in [-0.4, -0.2) is 35.7 Å². The van der Waals surface area contributed by atoms with Gasteiger partial charge in [0, 0.05) is 38.3 Å². The summed E-state index contributed by atoms with van der Waals surface area (Å²) in [7, 11) is 3.51. The Balaban J connectivity index is 0.00000254. The first kappa shape index (κ1) is 21.4. The number of hydrogen-bond acceptors (Lipinski definition) is 2. The van der Waals surface area contributed by atoms with E-state index in [2.05, 4.69) is 26.3 Å². The van der Waals surface area contributed by atoms with Gasteiger partial charge in [0.15, 0.2) is 0 Å². The zero-order chi connectivity index (χ0) is 18.9. The van der Waals surface area contributed by atoms with Gasteiger partial charge in [0.1, 0.15) is 0 Å². The fourth-order valence-electron chi connectivity index (χ4n) is 2.09. The molecule has 0 unspecified atom stereocenters. The highest BCUT2D eigenvalue weighted by atomic mass is 16.2. The Morgan fingerprint density at radius 2 is 1.04 bits per heavy atom. The number of likely N-dealkylation sites (N-methyl/N-ethyl adjacent to an activating group) is 2. The van der Waals surface area contributed by atoms with E-state index in [1.807, 2.05) is 24.3 Å². The molecule has 0 atom stereocenters. The quantitative estimate of drug-likeness (QED) is 0.592. The van der Waals surface area contributed by atoms with E-state index < -0.39 is 0 Å². The predicted molar refractivity (Wildman–Crippen MR) is 100 cm³/mol. The fraction of sp³-hybridized carbons (Fsp3) is 0.300. The smallest absolute Gasteiger partial charge is 0.248 e. The Kier molecular flexibility index (Phi) is 9.10. The molecule has 0 N–H and O–H groups in total. The predicted octanol–water partition coefficient (Wildman–Crippen LogP) is 3.56. The maximum atomic E-state index is 11.8. The van der Waals surface area contributed by atoms with Crippen LogP contribution in [0.2, 0.25) is 0 Å². The average Bonchev–Trinajstić information content (AvgIpc) is 2.56. The summed E-state index contributed by atoms with van der Waals surface area (Å²) in [5.74, 6) is -0.119.